The lowest BCUT2D eigenvalue weighted by molar-refractivity contribution is 0.0939. The lowest BCUT2D eigenvalue weighted by Gasteiger charge is -2.21. The van der Waals surface area contributed by atoms with Crippen LogP contribution in [0.1, 0.15) is 45.8 Å². The Kier molecular flexibility index (Phi) is 5.98. The highest BCUT2D eigenvalue weighted by Crippen LogP contribution is 2.24. The van der Waals surface area contributed by atoms with Crippen molar-refractivity contribution in [3.8, 4) is 17.5 Å². The summed E-state index contributed by atoms with van der Waals surface area (Å²) < 4.78 is 3.22. The highest BCUT2D eigenvalue weighted by atomic mass is 16.2. The first-order valence-electron chi connectivity index (χ1n) is 12.4. The number of nitrogens with zero attached hydrogens (tertiary/aromatic N) is 5. The number of aromatic nitrogens is 6. The van der Waals surface area contributed by atoms with Gasteiger partial charge in [-0.1, -0.05) is 42.2 Å². The molecule has 9 heteroatoms. The fourth-order valence-corrected chi connectivity index (χ4v) is 4.71. The van der Waals surface area contributed by atoms with E-state index in [9.17, 15) is 9.59 Å². The molecule has 0 aliphatic heterocycles. The lowest BCUT2D eigenvalue weighted by atomic mass is 10.0. The van der Waals surface area contributed by atoms with Crippen LogP contribution in [-0.2, 0) is 0 Å². The van der Waals surface area contributed by atoms with Crippen molar-refractivity contribution in [2.75, 3.05) is 0 Å². The fraction of sp³-hybridized carbons (Fsp3) is 0.100. The predicted molar refractivity (Wildman–Crippen MR) is 148 cm³/mol. The third-order valence-corrected chi connectivity index (χ3v) is 6.52. The van der Waals surface area contributed by atoms with E-state index < -0.39 is 6.04 Å². The molecule has 0 fully saturated rings. The van der Waals surface area contributed by atoms with Crippen LogP contribution in [0.3, 0.4) is 0 Å². The molecule has 0 radical (unpaired) electrons. The fourth-order valence-electron chi connectivity index (χ4n) is 4.71. The van der Waals surface area contributed by atoms with Crippen molar-refractivity contribution >= 4 is 22.3 Å². The number of carbonyl (C=O) groups excluding carboxylic acids is 1. The molecule has 4 aromatic heterocycles. The van der Waals surface area contributed by atoms with E-state index in [4.69, 9.17) is 0 Å². The number of benzene rings is 2. The highest BCUT2D eigenvalue weighted by molar-refractivity contribution is 6.01. The molecule has 9 nitrogen and oxygen atoms in total. The summed E-state index contributed by atoms with van der Waals surface area (Å²) in [7, 11) is 0. The summed E-state index contributed by atoms with van der Waals surface area (Å²) in [5, 5.41) is 15.4. The van der Waals surface area contributed by atoms with Crippen molar-refractivity contribution in [3.05, 3.63) is 124 Å². The van der Waals surface area contributed by atoms with Crippen molar-refractivity contribution < 1.29 is 4.79 Å². The Bertz CT molecular complexity index is 1960. The van der Waals surface area contributed by atoms with Crippen molar-refractivity contribution in [3.63, 3.8) is 0 Å². The number of amides is 1. The molecule has 39 heavy (non-hydrogen) atoms. The summed E-state index contributed by atoms with van der Waals surface area (Å²) in [5.41, 5.74) is 3.87. The van der Waals surface area contributed by atoms with Gasteiger partial charge in [0.15, 0.2) is 5.65 Å². The van der Waals surface area contributed by atoms with E-state index in [2.05, 4.69) is 37.4 Å². The number of hydrogen-bond donors (Lipinski definition) is 2. The molecule has 0 saturated carbocycles. The quantitative estimate of drug-likeness (QED) is 0.347. The van der Waals surface area contributed by atoms with Crippen LogP contribution < -0.4 is 10.9 Å². The minimum Gasteiger partial charge on any atom is -0.344 e. The normalized spacial score (nSPS) is 11.7. The Morgan fingerprint density at radius 1 is 1.08 bits per heavy atom. The van der Waals surface area contributed by atoms with Crippen molar-refractivity contribution in [2.45, 2.75) is 19.9 Å². The molecule has 190 valence electrons. The number of fused-ring (bicyclic) bond motifs is 2. The number of pyridine rings is 1. The van der Waals surface area contributed by atoms with Crippen LogP contribution in [0.5, 0.6) is 0 Å². The summed E-state index contributed by atoms with van der Waals surface area (Å²) in [4.78, 5) is 31.9. The third-order valence-electron chi connectivity index (χ3n) is 6.52. The first-order chi connectivity index (χ1) is 19.0. The zero-order chi connectivity index (χ0) is 26.9. The highest BCUT2D eigenvalue weighted by Gasteiger charge is 2.23. The van der Waals surface area contributed by atoms with Gasteiger partial charge in [-0.15, -0.1) is 0 Å². The van der Waals surface area contributed by atoms with Gasteiger partial charge in [0.1, 0.15) is 5.56 Å². The number of rotatable bonds is 4. The summed E-state index contributed by atoms with van der Waals surface area (Å²) >= 11 is 0. The molecule has 0 saturated heterocycles. The monoisotopic (exact) mass is 513 g/mol. The number of aromatic amines is 1. The van der Waals surface area contributed by atoms with Gasteiger partial charge in [0.2, 0.25) is 0 Å². The largest absolute Gasteiger partial charge is 0.344 e. The second kappa shape index (κ2) is 9.76. The Morgan fingerprint density at radius 2 is 1.92 bits per heavy atom. The zero-order valence-corrected chi connectivity index (χ0v) is 21.2. The Morgan fingerprint density at radius 3 is 2.72 bits per heavy atom. The van der Waals surface area contributed by atoms with Crippen LogP contribution in [-0.4, -0.2) is 35.3 Å². The van der Waals surface area contributed by atoms with E-state index in [1.807, 2.05) is 61.5 Å². The molecule has 0 aliphatic carbocycles. The maximum absolute atomic E-state index is 14.1. The predicted octanol–water partition coefficient (Wildman–Crippen LogP) is 3.96. The molecule has 2 aromatic carbocycles. The number of hydrogen-bond acceptors (Lipinski definition) is 5. The summed E-state index contributed by atoms with van der Waals surface area (Å²) in [6, 6.07) is 18.1. The van der Waals surface area contributed by atoms with E-state index >= 15 is 0 Å². The molecule has 0 spiro atoms. The van der Waals surface area contributed by atoms with Gasteiger partial charge in [-0.3, -0.25) is 19.3 Å². The van der Waals surface area contributed by atoms with Gasteiger partial charge in [0.05, 0.1) is 28.9 Å². The van der Waals surface area contributed by atoms with E-state index in [1.165, 1.54) is 0 Å². The standard InChI is InChI=1S/C30H23N7O2/c1-19(34-29(38)26-20(2)35-36-15-7-14-31-28(26)36)25-16-23-9-6-8-22(13-12-21-17-32-33-18-21)27(23)30(39)37(25)24-10-4-3-5-11-24/h3-11,14-19H,1-2H3,(H,32,33)(H,34,38)/t19-/m0/s1. The van der Waals surface area contributed by atoms with Gasteiger partial charge in [-0.2, -0.15) is 10.2 Å². The molecule has 1 amide bonds. The molecule has 0 aliphatic rings. The van der Waals surface area contributed by atoms with E-state index in [0.29, 0.717) is 39.2 Å². The molecule has 0 bridgehead atoms. The maximum Gasteiger partial charge on any atom is 0.264 e. The van der Waals surface area contributed by atoms with Gasteiger partial charge in [0, 0.05) is 35.5 Å². The van der Waals surface area contributed by atoms with Crippen LogP contribution in [0.2, 0.25) is 0 Å². The van der Waals surface area contributed by atoms with Crippen LogP contribution in [0.15, 0.2) is 90.2 Å². The Hall–Kier alpha value is -5.49. The first kappa shape index (κ1) is 23.9. The van der Waals surface area contributed by atoms with Crippen molar-refractivity contribution in [1.82, 2.24) is 34.7 Å². The average molecular weight is 514 g/mol. The maximum atomic E-state index is 14.1. The lowest BCUT2D eigenvalue weighted by Crippen LogP contribution is -2.32. The molecule has 6 rings (SSSR count). The minimum absolute atomic E-state index is 0.222. The van der Waals surface area contributed by atoms with Crippen molar-refractivity contribution in [1.29, 1.82) is 0 Å². The Balaban J connectivity index is 1.48. The number of aryl methyl sites for hydroxylation is 1. The van der Waals surface area contributed by atoms with E-state index in [-0.39, 0.29) is 11.5 Å². The van der Waals surface area contributed by atoms with Crippen molar-refractivity contribution in [2.24, 2.45) is 0 Å². The van der Waals surface area contributed by atoms with Crippen LogP contribution >= 0.6 is 0 Å². The second-order valence-corrected chi connectivity index (χ2v) is 9.10. The second-order valence-electron chi connectivity index (χ2n) is 9.10. The summed E-state index contributed by atoms with van der Waals surface area (Å²) in [6.07, 6.45) is 6.70. The van der Waals surface area contributed by atoms with E-state index in [1.54, 1.807) is 46.9 Å². The number of para-hydroxylation sites is 1. The summed E-state index contributed by atoms with van der Waals surface area (Å²) in [6.45, 7) is 3.63. The number of carbonyl (C=O) groups is 1. The van der Waals surface area contributed by atoms with Crippen LogP contribution in [0.25, 0.3) is 22.1 Å². The van der Waals surface area contributed by atoms with Gasteiger partial charge in [-0.05, 0) is 49.6 Å². The molecule has 2 N–H and O–H groups in total. The minimum atomic E-state index is -0.520. The van der Waals surface area contributed by atoms with Crippen LogP contribution in [0, 0.1) is 18.8 Å². The smallest absolute Gasteiger partial charge is 0.264 e. The number of nitrogens with one attached hydrogen (secondary N) is 2. The SMILES string of the molecule is Cc1nn2cccnc2c1C(=O)N[C@@H](C)c1cc2cccc(C#Cc3cn[nH]c3)c2c(=O)n1-c1ccccc1. The van der Waals surface area contributed by atoms with Gasteiger partial charge in [-0.25, -0.2) is 9.50 Å². The summed E-state index contributed by atoms with van der Waals surface area (Å²) in [5.74, 6) is 5.86. The third kappa shape index (κ3) is 4.34. The topological polar surface area (TPSA) is 110 Å². The molecular formula is C30H23N7O2. The number of H-pyrrole nitrogens is 1. The van der Waals surface area contributed by atoms with E-state index in [0.717, 1.165) is 10.9 Å². The molecule has 0 unspecified atom stereocenters. The zero-order valence-electron chi connectivity index (χ0n) is 21.2. The van der Waals surface area contributed by atoms with Gasteiger partial charge in [0.25, 0.3) is 11.5 Å². The molecule has 1 atom stereocenters. The molecule has 6 aromatic rings. The van der Waals surface area contributed by atoms with Gasteiger partial charge >= 0.3 is 0 Å². The van der Waals surface area contributed by atoms with Crippen LogP contribution in [0.4, 0.5) is 0 Å². The first-order valence-corrected chi connectivity index (χ1v) is 12.4. The average Bonchev–Trinajstić information content (AvgIpc) is 3.59. The van der Waals surface area contributed by atoms with Gasteiger partial charge < -0.3 is 5.32 Å². The Labute approximate surface area is 223 Å². The molecular weight excluding hydrogens is 490 g/mol. The molecule has 4 heterocycles.